The Morgan fingerprint density at radius 2 is 1.88 bits per heavy atom. The first kappa shape index (κ1) is 22.8. The molecule has 0 amide bonds. The minimum Gasteiger partial charge on any atom is -0.465 e. The molecule has 1 aliphatic carbocycles. The molecule has 2 aliphatic rings. The first-order valence-corrected chi connectivity index (χ1v) is 11.6. The number of aliphatic imine (C=N–C) groups is 1. The van der Waals surface area contributed by atoms with Gasteiger partial charge in [-0.1, -0.05) is 66.5 Å². The number of rotatable bonds is 5. The van der Waals surface area contributed by atoms with Gasteiger partial charge in [0.2, 0.25) is 0 Å². The molecular weight excluding hydrogens is 445 g/mol. The zero-order chi connectivity index (χ0) is 22.8. The van der Waals surface area contributed by atoms with E-state index in [1.54, 1.807) is 18.2 Å². The fourth-order valence-corrected chi connectivity index (χ4v) is 5.23. The van der Waals surface area contributed by atoms with Gasteiger partial charge in [0.25, 0.3) is 0 Å². The van der Waals surface area contributed by atoms with Crippen molar-refractivity contribution < 1.29 is 14.3 Å². The molecule has 0 spiro atoms. The summed E-state index contributed by atoms with van der Waals surface area (Å²) in [6.07, 6.45) is 1.73. The maximum Gasteiger partial charge on any atom is 0.315 e. The highest BCUT2D eigenvalue weighted by Crippen LogP contribution is 2.48. The molecule has 0 fully saturated rings. The van der Waals surface area contributed by atoms with Crippen molar-refractivity contribution in [2.75, 3.05) is 6.61 Å². The number of Topliss-reactive ketones (excluding diaryl/α,β-unsaturated/α-hetero) is 1. The summed E-state index contributed by atoms with van der Waals surface area (Å²) in [7, 11) is 0. The third-order valence-electron chi connectivity index (χ3n) is 6.16. The van der Waals surface area contributed by atoms with Gasteiger partial charge in [-0.25, -0.2) is 0 Å². The van der Waals surface area contributed by atoms with E-state index in [0.717, 1.165) is 11.3 Å². The van der Waals surface area contributed by atoms with Crippen LogP contribution >= 0.6 is 23.2 Å². The zero-order valence-corrected chi connectivity index (χ0v) is 19.6. The van der Waals surface area contributed by atoms with Crippen LogP contribution in [0.4, 0.5) is 0 Å². The van der Waals surface area contributed by atoms with Crippen LogP contribution < -0.4 is 0 Å². The number of carbonyl (C=O) groups is 2. The fraction of sp³-hybridized carbons (Fsp3) is 0.346. The van der Waals surface area contributed by atoms with Gasteiger partial charge in [-0.3, -0.25) is 14.6 Å². The number of ketones is 1. The van der Waals surface area contributed by atoms with Crippen LogP contribution in [0.3, 0.4) is 0 Å². The largest absolute Gasteiger partial charge is 0.465 e. The molecule has 0 radical (unpaired) electrons. The van der Waals surface area contributed by atoms with Crippen molar-refractivity contribution in [2.24, 2.45) is 10.9 Å². The molecule has 6 heteroatoms. The van der Waals surface area contributed by atoms with Gasteiger partial charge in [0.1, 0.15) is 5.92 Å². The average Bonchev–Trinajstić information content (AvgIpc) is 2.77. The Morgan fingerprint density at radius 3 is 2.56 bits per heavy atom. The molecular formula is C26H25Cl2NO3. The number of allylic oxidation sites excluding steroid dienone is 2. The molecule has 2 aromatic carbocycles. The highest BCUT2D eigenvalue weighted by Gasteiger charge is 2.45. The third kappa shape index (κ3) is 4.39. The summed E-state index contributed by atoms with van der Waals surface area (Å²) in [6.45, 7) is 4.09. The van der Waals surface area contributed by atoms with Crippen molar-refractivity contribution in [1.29, 1.82) is 0 Å². The molecule has 4 rings (SSSR count). The molecule has 0 aromatic heterocycles. The topological polar surface area (TPSA) is 55.7 Å². The van der Waals surface area contributed by atoms with E-state index in [0.29, 0.717) is 52.8 Å². The molecule has 3 atom stereocenters. The average molecular weight is 470 g/mol. The molecule has 166 valence electrons. The number of benzene rings is 2. The second kappa shape index (κ2) is 9.60. The van der Waals surface area contributed by atoms with Gasteiger partial charge in [0.15, 0.2) is 5.78 Å². The van der Waals surface area contributed by atoms with Crippen LogP contribution in [0, 0.1) is 5.92 Å². The lowest BCUT2D eigenvalue weighted by atomic mass is 9.69. The van der Waals surface area contributed by atoms with Crippen molar-refractivity contribution in [3.05, 3.63) is 81.0 Å². The lowest BCUT2D eigenvalue weighted by Gasteiger charge is -2.36. The van der Waals surface area contributed by atoms with E-state index >= 15 is 0 Å². The number of hydrogen-bond acceptors (Lipinski definition) is 4. The summed E-state index contributed by atoms with van der Waals surface area (Å²) in [5.41, 5.74) is 3.77. The smallest absolute Gasteiger partial charge is 0.315 e. The third-order valence-corrected chi connectivity index (χ3v) is 6.72. The Bertz CT molecular complexity index is 1110. The molecule has 2 aromatic rings. The van der Waals surface area contributed by atoms with Crippen LogP contribution in [0.2, 0.25) is 10.0 Å². The van der Waals surface area contributed by atoms with Crippen LogP contribution in [0.1, 0.15) is 56.1 Å². The molecule has 1 heterocycles. The van der Waals surface area contributed by atoms with Gasteiger partial charge in [-0.05, 0) is 48.9 Å². The Kier molecular flexibility index (Phi) is 6.82. The maximum atomic E-state index is 13.5. The maximum absolute atomic E-state index is 13.5. The highest BCUT2D eigenvalue weighted by atomic mass is 35.5. The molecule has 0 N–H and O–H groups in total. The lowest BCUT2D eigenvalue weighted by Crippen LogP contribution is -2.38. The molecule has 32 heavy (non-hydrogen) atoms. The van der Waals surface area contributed by atoms with Gasteiger partial charge in [0.05, 0.1) is 6.61 Å². The summed E-state index contributed by atoms with van der Waals surface area (Å²) in [6, 6.07) is 15.2. The van der Waals surface area contributed by atoms with Gasteiger partial charge in [-0.2, -0.15) is 0 Å². The Hall–Kier alpha value is -2.43. The Labute approximate surface area is 198 Å². The quantitative estimate of drug-likeness (QED) is 0.468. The van der Waals surface area contributed by atoms with Gasteiger partial charge in [-0.15, -0.1) is 0 Å². The number of esters is 1. The van der Waals surface area contributed by atoms with Crippen molar-refractivity contribution in [2.45, 2.75) is 44.9 Å². The fourth-order valence-electron chi connectivity index (χ4n) is 4.71. The number of hydrogen-bond donors (Lipinski definition) is 0. The monoisotopic (exact) mass is 469 g/mol. The van der Waals surface area contributed by atoms with E-state index in [-0.39, 0.29) is 17.7 Å². The summed E-state index contributed by atoms with van der Waals surface area (Å²) in [5.74, 6) is -1.56. The van der Waals surface area contributed by atoms with Crippen molar-refractivity contribution in [1.82, 2.24) is 0 Å². The van der Waals surface area contributed by atoms with E-state index < -0.39 is 11.8 Å². The van der Waals surface area contributed by atoms with E-state index in [1.165, 1.54) is 0 Å². The summed E-state index contributed by atoms with van der Waals surface area (Å²) in [4.78, 5) is 31.4. The lowest BCUT2D eigenvalue weighted by molar-refractivity contribution is -0.146. The molecule has 0 bridgehead atoms. The van der Waals surface area contributed by atoms with Crippen molar-refractivity contribution in [3.63, 3.8) is 0 Å². The van der Waals surface area contributed by atoms with Gasteiger partial charge < -0.3 is 4.74 Å². The van der Waals surface area contributed by atoms with Crippen LogP contribution in [0.15, 0.2) is 64.8 Å². The molecule has 0 saturated carbocycles. The summed E-state index contributed by atoms with van der Waals surface area (Å²) >= 11 is 12.7. The summed E-state index contributed by atoms with van der Waals surface area (Å²) in [5, 5.41) is 0.925. The van der Waals surface area contributed by atoms with E-state index in [4.69, 9.17) is 32.9 Å². The SMILES string of the molecule is CCCOC(=O)C1C(C)=NC2=C(C(=O)C[C@H](c3ccccc3)C2)[C@@H]1c1ccc(Cl)cc1Cl. The highest BCUT2D eigenvalue weighted by molar-refractivity contribution is 6.35. The first-order valence-electron chi connectivity index (χ1n) is 10.9. The van der Waals surface area contributed by atoms with Gasteiger partial charge in [0, 0.05) is 39.4 Å². The molecule has 1 aliphatic heterocycles. The van der Waals surface area contributed by atoms with Crippen molar-refractivity contribution in [3.8, 4) is 0 Å². The number of halogens is 2. The van der Waals surface area contributed by atoms with Crippen LogP contribution in [-0.4, -0.2) is 24.1 Å². The van der Waals surface area contributed by atoms with Crippen LogP contribution in [0.5, 0.6) is 0 Å². The molecule has 4 nitrogen and oxygen atoms in total. The second-order valence-electron chi connectivity index (χ2n) is 8.34. The predicted molar refractivity (Wildman–Crippen MR) is 128 cm³/mol. The zero-order valence-electron chi connectivity index (χ0n) is 18.1. The number of nitrogens with zero attached hydrogens (tertiary/aromatic N) is 1. The Morgan fingerprint density at radius 1 is 1.12 bits per heavy atom. The van der Waals surface area contributed by atoms with Crippen LogP contribution in [-0.2, 0) is 14.3 Å². The van der Waals surface area contributed by atoms with E-state index in [1.807, 2.05) is 44.2 Å². The number of carbonyl (C=O) groups excluding carboxylic acids is 2. The minimum absolute atomic E-state index is 0.000612. The predicted octanol–water partition coefficient (Wildman–Crippen LogP) is 6.52. The second-order valence-corrected chi connectivity index (χ2v) is 9.18. The summed E-state index contributed by atoms with van der Waals surface area (Å²) < 4.78 is 5.50. The van der Waals surface area contributed by atoms with Gasteiger partial charge >= 0.3 is 5.97 Å². The minimum atomic E-state index is -0.698. The normalized spacial score (nSPS) is 22.9. The van der Waals surface area contributed by atoms with E-state index in [2.05, 4.69) is 0 Å². The molecule has 1 unspecified atom stereocenters. The Balaban J connectivity index is 1.81. The van der Waals surface area contributed by atoms with E-state index in [9.17, 15) is 9.59 Å². The first-order chi connectivity index (χ1) is 15.4. The standard InChI is InChI=1S/C26H25Cl2NO3/c1-3-11-32-26(31)23-15(2)29-21-12-17(16-7-5-4-6-8-16)13-22(30)25(21)24(23)19-10-9-18(27)14-20(19)28/h4-10,14,17,23-24H,3,11-13H2,1-2H3/t17-,23?,24-/m1/s1. The molecule has 0 saturated heterocycles. The van der Waals surface area contributed by atoms with Crippen LogP contribution in [0.25, 0.3) is 0 Å². The van der Waals surface area contributed by atoms with Crippen molar-refractivity contribution >= 4 is 40.7 Å². The number of ether oxygens (including phenoxy) is 1.